The Morgan fingerprint density at radius 3 is 2.67 bits per heavy atom. The fourth-order valence-corrected chi connectivity index (χ4v) is 2.72. The zero-order chi connectivity index (χ0) is 13.5. The monoisotopic (exact) mass is 259 g/mol. The summed E-state index contributed by atoms with van der Waals surface area (Å²) in [4.78, 5) is 13.7. The van der Waals surface area contributed by atoms with Gasteiger partial charge in [0.2, 0.25) is 0 Å². The molecule has 0 aromatic carbocycles. The van der Waals surface area contributed by atoms with Crippen molar-refractivity contribution in [2.75, 3.05) is 13.2 Å². The van der Waals surface area contributed by atoms with E-state index in [1.807, 2.05) is 27.7 Å². The summed E-state index contributed by atoms with van der Waals surface area (Å²) in [6, 6.07) is -0.553. The van der Waals surface area contributed by atoms with E-state index in [0.717, 1.165) is 0 Å². The molecule has 0 radical (unpaired) electrons. The number of hydrogen-bond acceptors (Lipinski definition) is 3. The highest BCUT2D eigenvalue weighted by Gasteiger charge is 2.47. The third-order valence-electron chi connectivity index (χ3n) is 3.51. The van der Waals surface area contributed by atoms with Gasteiger partial charge in [-0.3, -0.25) is 4.90 Å². The average molecular weight is 259 g/mol. The van der Waals surface area contributed by atoms with Crippen molar-refractivity contribution in [2.45, 2.75) is 58.0 Å². The van der Waals surface area contributed by atoms with E-state index in [1.54, 1.807) is 4.90 Å². The van der Waals surface area contributed by atoms with Gasteiger partial charge >= 0.3 is 6.09 Å². The van der Waals surface area contributed by atoms with Crippen molar-refractivity contribution in [2.24, 2.45) is 5.92 Å². The predicted octanol–water partition coefficient (Wildman–Crippen LogP) is 2.37. The maximum atomic E-state index is 14.2. The highest BCUT2D eigenvalue weighted by Crippen LogP contribution is 2.34. The van der Waals surface area contributed by atoms with Gasteiger partial charge in [0.15, 0.2) is 0 Å². The molecule has 4 atom stereocenters. The van der Waals surface area contributed by atoms with Gasteiger partial charge < -0.3 is 9.47 Å². The van der Waals surface area contributed by atoms with Crippen LogP contribution in [0.2, 0.25) is 0 Å². The Labute approximate surface area is 107 Å². The molecule has 0 saturated carbocycles. The molecule has 1 amide bonds. The molecule has 2 aliphatic heterocycles. The molecule has 104 valence electrons. The van der Waals surface area contributed by atoms with Gasteiger partial charge in [0.25, 0.3) is 0 Å². The van der Waals surface area contributed by atoms with Crippen LogP contribution in [0.4, 0.5) is 9.18 Å². The number of piperidine rings is 1. The van der Waals surface area contributed by atoms with Crippen LogP contribution < -0.4 is 0 Å². The first-order valence-corrected chi connectivity index (χ1v) is 6.52. The molecule has 18 heavy (non-hydrogen) atoms. The molecule has 2 rings (SSSR count). The van der Waals surface area contributed by atoms with E-state index in [-0.39, 0.29) is 18.6 Å². The third-order valence-corrected chi connectivity index (χ3v) is 3.51. The summed E-state index contributed by atoms with van der Waals surface area (Å²) >= 11 is 0. The van der Waals surface area contributed by atoms with Gasteiger partial charge in [-0.05, 0) is 33.1 Å². The van der Waals surface area contributed by atoms with Crippen LogP contribution in [0.5, 0.6) is 0 Å². The van der Waals surface area contributed by atoms with E-state index in [9.17, 15) is 9.18 Å². The Hall–Kier alpha value is -0.840. The molecule has 0 N–H and O–H groups in total. The number of rotatable bonds is 0. The minimum atomic E-state index is -1.03. The number of hydrogen-bond donors (Lipinski definition) is 0. The molecule has 2 saturated heterocycles. The van der Waals surface area contributed by atoms with Gasteiger partial charge in [-0.2, -0.15) is 0 Å². The third kappa shape index (κ3) is 2.60. The average Bonchev–Trinajstić information content (AvgIpc) is 2.23. The van der Waals surface area contributed by atoms with Gasteiger partial charge in [-0.25, -0.2) is 9.18 Å². The first-order chi connectivity index (χ1) is 8.29. The highest BCUT2D eigenvalue weighted by molar-refractivity contribution is 5.69. The van der Waals surface area contributed by atoms with Crippen molar-refractivity contribution in [3.63, 3.8) is 0 Å². The summed E-state index contributed by atoms with van der Waals surface area (Å²) in [5.41, 5.74) is -0.554. The lowest BCUT2D eigenvalue weighted by atomic mass is 9.85. The minimum Gasteiger partial charge on any atom is -0.444 e. The van der Waals surface area contributed by atoms with Gasteiger partial charge in [-0.1, -0.05) is 6.92 Å². The fourth-order valence-electron chi connectivity index (χ4n) is 2.72. The molecule has 2 fully saturated rings. The lowest BCUT2D eigenvalue weighted by Crippen LogP contribution is -2.64. The Balaban J connectivity index is 2.14. The molecule has 2 unspecified atom stereocenters. The zero-order valence-electron chi connectivity index (χ0n) is 11.5. The molecule has 4 nitrogen and oxygen atoms in total. The largest absolute Gasteiger partial charge is 0.444 e. The molecule has 2 bridgehead atoms. The topological polar surface area (TPSA) is 38.8 Å². The van der Waals surface area contributed by atoms with Crippen molar-refractivity contribution in [1.82, 2.24) is 4.90 Å². The van der Waals surface area contributed by atoms with Crippen LogP contribution >= 0.6 is 0 Å². The summed E-state index contributed by atoms with van der Waals surface area (Å²) in [5.74, 6) is -0.0254. The molecule has 2 aliphatic rings. The molecule has 0 aromatic heterocycles. The van der Waals surface area contributed by atoms with Gasteiger partial charge in [0, 0.05) is 0 Å². The Morgan fingerprint density at radius 1 is 1.39 bits per heavy atom. The second-order valence-electron chi connectivity index (χ2n) is 6.30. The van der Waals surface area contributed by atoms with E-state index in [1.165, 1.54) is 0 Å². The maximum Gasteiger partial charge on any atom is 0.411 e. The van der Waals surface area contributed by atoms with E-state index in [2.05, 4.69) is 0 Å². The van der Waals surface area contributed by atoms with Crippen molar-refractivity contribution in [3.8, 4) is 0 Å². The lowest BCUT2D eigenvalue weighted by molar-refractivity contribution is -0.116. The number of carbonyl (C=O) groups excluding carboxylic acids is 1. The van der Waals surface area contributed by atoms with E-state index < -0.39 is 23.9 Å². The van der Waals surface area contributed by atoms with Gasteiger partial charge in [-0.15, -0.1) is 0 Å². The Morgan fingerprint density at radius 2 is 2.06 bits per heavy atom. The SMILES string of the molecule is C[C@@H]1CC2COCC([C@@H]1F)N2C(=O)OC(C)(C)C. The summed E-state index contributed by atoms with van der Waals surface area (Å²) < 4.78 is 24.9. The number of nitrogens with zero attached hydrogens (tertiary/aromatic N) is 1. The number of alkyl halides is 1. The number of amides is 1. The molecule has 0 aromatic rings. The van der Waals surface area contributed by atoms with Crippen LogP contribution in [0.3, 0.4) is 0 Å². The van der Waals surface area contributed by atoms with Gasteiger partial charge in [0.05, 0.1) is 25.3 Å². The first-order valence-electron chi connectivity index (χ1n) is 6.52. The summed E-state index contributed by atoms with van der Waals surface area (Å²) in [6.45, 7) is 8.08. The first kappa shape index (κ1) is 13.6. The quantitative estimate of drug-likeness (QED) is 0.670. The number of carbonyl (C=O) groups is 1. The summed E-state index contributed by atoms with van der Waals surface area (Å²) in [5, 5.41) is 0. The van der Waals surface area contributed by atoms with Crippen molar-refractivity contribution in [3.05, 3.63) is 0 Å². The van der Waals surface area contributed by atoms with Crippen LogP contribution in [0.15, 0.2) is 0 Å². The molecule has 0 aliphatic carbocycles. The van der Waals surface area contributed by atoms with Crippen molar-refractivity contribution >= 4 is 6.09 Å². The standard InChI is InChI=1S/C13H22FNO3/c1-8-5-9-6-17-7-10(11(8)14)15(9)12(16)18-13(2,3)4/h8-11H,5-7H2,1-4H3/t8-,9?,10?,11-/m1/s1. The molecule has 0 spiro atoms. The molecular formula is C13H22FNO3. The summed E-state index contributed by atoms with van der Waals surface area (Å²) in [6.07, 6.45) is -0.818. The number of fused-ring (bicyclic) bond motifs is 2. The second-order valence-corrected chi connectivity index (χ2v) is 6.30. The fraction of sp³-hybridized carbons (Fsp3) is 0.923. The smallest absolute Gasteiger partial charge is 0.411 e. The van der Waals surface area contributed by atoms with Gasteiger partial charge in [0.1, 0.15) is 11.8 Å². The molecule has 5 heteroatoms. The second kappa shape index (κ2) is 4.68. The van der Waals surface area contributed by atoms with E-state index in [0.29, 0.717) is 13.0 Å². The Kier molecular flexibility index (Phi) is 3.54. The number of ether oxygens (including phenoxy) is 2. The molecule has 2 heterocycles. The van der Waals surface area contributed by atoms with Crippen LogP contribution in [0.1, 0.15) is 34.1 Å². The van der Waals surface area contributed by atoms with Crippen LogP contribution in [0, 0.1) is 5.92 Å². The van der Waals surface area contributed by atoms with Crippen molar-refractivity contribution in [1.29, 1.82) is 0 Å². The van der Waals surface area contributed by atoms with E-state index >= 15 is 0 Å². The van der Waals surface area contributed by atoms with Crippen LogP contribution in [-0.4, -0.2) is 48.1 Å². The Bertz CT molecular complexity index is 329. The highest BCUT2D eigenvalue weighted by atomic mass is 19.1. The minimum absolute atomic E-state index is 0.0254. The zero-order valence-corrected chi connectivity index (χ0v) is 11.5. The van der Waals surface area contributed by atoms with Crippen LogP contribution in [0.25, 0.3) is 0 Å². The van der Waals surface area contributed by atoms with E-state index in [4.69, 9.17) is 9.47 Å². The lowest BCUT2D eigenvalue weighted by Gasteiger charge is -2.49. The summed E-state index contributed by atoms with van der Waals surface area (Å²) in [7, 11) is 0. The van der Waals surface area contributed by atoms with Crippen LogP contribution in [-0.2, 0) is 9.47 Å². The predicted molar refractivity (Wildman–Crippen MR) is 65.1 cm³/mol. The normalized spacial score (nSPS) is 36.4. The maximum absolute atomic E-state index is 14.2. The van der Waals surface area contributed by atoms with Crippen molar-refractivity contribution < 1.29 is 18.7 Å². The number of halogens is 1. The molecular weight excluding hydrogens is 237 g/mol. The number of morpholine rings is 1.